The van der Waals surface area contributed by atoms with Crippen molar-refractivity contribution < 1.29 is 9.47 Å². The molecule has 3 heterocycles. The van der Waals surface area contributed by atoms with Gasteiger partial charge in [-0.3, -0.25) is 9.97 Å². The normalized spacial score (nSPS) is 21.8. The molecule has 1 saturated heterocycles. The van der Waals surface area contributed by atoms with Gasteiger partial charge in [0.05, 0.1) is 36.7 Å². The van der Waals surface area contributed by atoms with Crippen molar-refractivity contribution in [3.05, 3.63) is 42.6 Å². The van der Waals surface area contributed by atoms with E-state index in [0.717, 1.165) is 86.0 Å². The van der Waals surface area contributed by atoms with Crippen LogP contribution in [-0.2, 0) is 4.74 Å². The fourth-order valence-corrected chi connectivity index (χ4v) is 4.37. The van der Waals surface area contributed by atoms with Crippen molar-refractivity contribution in [1.82, 2.24) is 19.9 Å². The van der Waals surface area contributed by atoms with Gasteiger partial charge in [0.15, 0.2) is 0 Å². The molecule has 5 rings (SSSR count). The topological polar surface area (TPSA) is 85.3 Å². The first-order valence-electron chi connectivity index (χ1n) is 11.0. The van der Waals surface area contributed by atoms with Crippen molar-refractivity contribution in [2.45, 2.75) is 44.8 Å². The second-order valence-corrected chi connectivity index (χ2v) is 8.25. The van der Waals surface area contributed by atoms with E-state index in [1.807, 2.05) is 6.92 Å². The quantitative estimate of drug-likeness (QED) is 0.673. The number of nitrogens with zero attached hydrogens (tertiary/aromatic N) is 5. The largest absolute Gasteiger partial charge is 0.488 e. The fraction of sp³-hybridized carbons (Fsp3) is 0.478. The smallest absolute Gasteiger partial charge is 0.149 e. The van der Waals surface area contributed by atoms with Gasteiger partial charge in [0.2, 0.25) is 0 Å². The van der Waals surface area contributed by atoms with E-state index >= 15 is 0 Å². The van der Waals surface area contributed by atoms with Crippen LogP contribution >= 0.6 is 0 Å². The van der Waals surface area contributed by atoms with E-state index in [2.05, 4.69) is 42.3 Å². The number of nitrogens with one attached hydrogen (secondary N) is 1. The van der Waals surface area contributed by atoms with Crippen molar-refractivity contribution in [2.75, 3.05) is 36.5 Å². The zero-order chi connectivity index (χ0) is 21.0. The Hall–Kier alpha value is -3.00. The van der Waals surface area contributed by atoms with Crippen LogP contribution in [0, 0.1) is 6.92 Å². The number of aromatic nitrogens is 4. The van der Waals surface area contributed by atoms with E-state index in [1.165, 1.54) is 0 Å². The molecule has 1 aliphatic carbocycles. The summed E-state index contributed by atoms with van der Waals surface area (Å²) in [7, 11) is 0. The summed E-state index contributed by atoms with van der Waals surface area (Å²) in [6.07, 6.45) is 11.2. The van der Waals surface area contributed by atoms with Crippen LogP contribution < -0.4 is 15.0 Å². The maximum absolute atomic E-state index is 6.50. The summed E-state index contributed by atoms with van der Waals surface area (Å²) >= 11 is 0. The molecule has 0 bridgehead atoms. The zero-order valence-electron chi connectivity index (χ0n) is 17.8. The highest BCUT2D eigenvalue weighted by atomic mass is 16.5. The molecule has 162 valence electrons. The number of aryl methyl sites for hydroxylation is 1. The summed E-state index contributed by atoms with van der Waals surface area (Å²) in [6.45, 7) is 5.21. The Kier molecular flexibility index (Phi) is 5.80. The Bertz CT molecular complexity index is 1030. The first-order chi connectivity index (χ1) is 15.2. The molecule has 2 aromatic heterocycles. The number of benzene rings is 1. The zero-order valence-corrected chi connectivity index (χ0v) is 17.8. The third kappa shape index (κ3) is 4.69. The molecule has 2 aliphatic rings. The summed E-state index contributed by atoms with van der Waals surface area (Å²) in [5.74, 6) is 1.68. The van der Waals surface area contributed by atoms with Crippen LogP contribution in [0.15, 0.2) is 36.9 Å². The number of ether oxygens (including phenoxy) is 2. The molecular weight excluding hydrogens is 392 g/mol. The van der Waals surface area contributed by atoms with Gasteiger partial charge in [-0.1, -0.05) is 0 Å². The molecule has 8 nitrogen and oxygen atoms in total. The maximum Gasteiger partial charge on any atom is 0.149 e. The molecule has 31 heavy (non-hydrogen) atoms. The van der Waals surface area contributed by atoms with E-state index in [9.17, 15) is 0 Å². The van der Waals surface area contributed by atoms with Crippen LogP contribution in [-0.4, -0.2) is 58.4 Å². The highest BCUT2D eigenvalue weighted by Gasteiger charge is 2.24. The van der Waals surface area contributed by atoms with E-state index in [4.69, 9.17) is 9.47 Å². The van der Waals surface area contributed by atoms with Gasteiger partial charge in [-0.2, -0.15) is 0 Å². The summed E-state index contributed by atoms with van der Waals surface area (Å²) in [5.41, 5.74) is 3.75. The fourth-order valence-electron chi connectivity index (χ4n) is 4.37. The SMILES string of the molecule is Cc1cncc(N[C@H]2CC[C@@H](Oc3cc(N4CCOCC4)cc4nccnc34)CC2)n1. The Labute approximate surface area is 182 Å². The summed E-state index contributed by atoms with van der Waals surface area (Å²) in [4.78, 5) is 20.1. The van der Waals surface area contributed by atoms with E-state index in [-0.39, 0.29) is 6.10 Å². The Morgan fingerprint density at radius 1 is 1.03 bits per heavy atom. The Morgan fingerprint density at radius 2 is 1.84 bits per heavy atom. The maximum atomic E-state index is 6.50. The Morgan fingerprint density at radius 3 is 2.65 bits per heavy atom. The van der Waals surface area contributed by atoms with Crippen LogP contribution in [0.4, 0.5) is 11.5 Å². The molecule has 0 amide bonds. The predicted octanol–water partition coefficient (Wildman–Crippen LogP) is 3.37. The molecule has 0 atom stereocenters. The molecule has 0 unspecified atom stereocenters. The van der Waals surface area contributed by atoms with Gasteiger partial charge in [0.1, 0.15) is 17.1 Å². The lowest BCUT2D eigenvalue weighted by Gasteiger charge is -2.31. The molecule has 8 heteroatoms. The van der Waals surface area contributed by atoms with E-state index in [0.29, 0.717) is 6.04 Å². The lowest BCUT2D eigenvalue weighted by atomic mass is 9.93. The monoisotopic (exact) mass is 420 g/mol. The van der Waals surface area contributed by atoms with Crippen LogP contribution in [0.25, 0.3) is 11.0 Å². The van der Waals surface area contributed by atoms with Gasteiger partial charge in [-0.25, -0.2) is 9.97 Å². The van der Waals surface area contributed by atoms with Crippen LogP contribution in [0.3, 0.4) is 0 Å². The minimum Gasteiger partial charge on any atom is -0.488 e. The highest BCUT2D eigenvalue weighted by molar-refractivity contribution is 5.85. The van der Waals surface area contributed by atoms with Gasteiger partial charge < -0.3 is 19.7 Å². The second-order valence-electron chi connectivity index (χ2n) is 8.25. The van der Waals surface area contributed by atoms with E-state index < -0.39 is 0 Å². The molecule has 0 spiro atoms. The number of hydrogen-bond donors (Lipinski definition) is 1. The number of morpholine rings is 1. The number of fused-ring (bicyclic) bond motifs is 1. The minimum absolute atomic E-state index is 0.173. The molecule has 0 radical (unpaired) electrons. The first-order valence-corrected chi connectivity index (χ1v) is 11.0. The lowest BCUT2D eigenvalue weighted by molar-refractivity contribution is 0.122. The predicted molar refractivity (Wildman–Crippen MR) is 120 cm³/mol. The molecular formula is C23H28N6O2. The summed E-state index contributed by atoms with van der Waals surface area (Å²) < 4.78 is 12.0. The second kappa shape index (κ2) is 9.01. The molecule has 1 aromatic carbocycles. The number of hydrogen-bond acceptors (Lipinski definition) is 8. The summed E-state index contributed by atoms with van der Waals surface area (Å²) in [6, 6.07) is 4.62. The van der Waals surface area contributed by atoms with Gasteiger partial charge in [0.25, 0.3) is 0 Å². The molecule has 2 fully saturated rings. The van der Waals surface area contributed by atoms with Crippen molar-refractivity contribution in [2.24, 2.45) is 0 Å². The number of anilines is 2. The van der Waals surface area contributed by atoms with Crippen molar-refractivity contribution in [3.8, 4) is 5.75 Å². The third-order valence-corrected chi connectivity index (χ3v) is 5.97. The van der Waals surface area contributed by atoms with Crippen LogP contribution in [0.2, 0.25) is 0 Å². The molecule has 1 N–H and O–H groups in total. The van der Waals surface area contributed by atoms with Gasteiger partial charge in [0, 0.05) is 49.5 Å². The minimum atomic E-state index is 0.173. The third-order valence-electron chi connectivity index (χ3n) is 5.97. The lowest BCUT2D eigenvalue weighted by Crippen LogP contribution is -2.36. The van der Waals surface area contributed by atoms with Crippen molar-refractivity contribution in [1.29, 1.82) is 0 Å². The van der Waals surface area contributed by atoms with Crippen molar-refractivity contribution >= 4 is 22.5 Å². The standard InChI is InChI=1S/C23H28N6O2/c1-16-14-24-15-22(27-16)28-17-2-4-19(5-3-17)31-21-13-18(29-8-10-30-11-9-29)12-20-23(21)26-7-6-25-20/h6-7,12-15,17,19H,2-5,8-11H2,1H3,(H,27,28)/t17-,19+. The van der Waals surface area contributed by atoms with Gasteiger partial charge >= 0.3 is 0 Å². The Balaban J connectivity index is 1.28. The molecule has 1 aliphatic heterocycles. The summed E-state index contributed by atoms with van der Waals surface area (Å²) in [5, 5.41) is 3.52. The van der Waals surface area contributed by atoms with Crippen molar-refractivity contribution in [3.63, 3.8) is 0 Å². The van der Waals surface area contributed by atoms with Crippen LogP contribution in [0.5, 0.6) is 5.75 Å². The van der Waals surface area contributed by atoms with Crippen LogP contribution in [0.1, 0.15) is 31.4 Å². The highest BCUT2D eigenvalue weighted by Crippen LogP contribution is 2.33. The molecule has 3 aromatic rings. The number of rotatable bonds is 5. The van der Waals surface area contributed by atoms with Gasteiger partial charge in [-0.15, -0.1) is 0 Å². The molecule has 1 saturated carbocycles. The van der Waals surface area contributed by atoms with E-state index in [1.54, 1.807) is 24.8 Å². The average molecular weight is 421 g/mol. The average Bonchev–Trinajstić information content (AvgIpc) is 2.81. The first kappa shape index (κ1) is 19.9. The van der Waals surface area contributed by atoms with Gasteiger partial charge in [-0.05, 0) is 38.7 Å².